The minimum Gasteiger partial charge on any atom is -0.493 e. The van der Waals surface area contributed by atoms with Crippen molar-refractivity contribution in [3.63, 3.8) is 0 Å². The van der Waals surface area contributed by atoms with Crippen LogP contribution in [-0.4, -0.2) is 43.8 Å². The van der Waals surface area contributed by atoms with Gasteiger partial charge in [0, 0.05) is 18.8 Å². The van der Waals surface area contributed by atoms with Crippen molar-refractivity contribution in [2.24, 2.45) is 4.99 Å². The lowest BCUT2D eigenvalue weighted by atomic mass is 10.1. The Labute approximate surface area is 123 Å². The summed E-state index contributed by atoms with van der Waals surface area (Å²) < 4.78 is 10.6. The number of allylic oxidation sites excluding steroid dienone is 1. The Hall–Kier alpha value is -2.30. The van der Waals surface area contributed by atoms with Crippen molar-refractivity contribution in [2.45, 2.75) is 19.4 Å². The van der Waals surface area contributed by atoms with E-state index in [9.17, 15) is 4.79 Å². The van der Waals surface area contributed by atoms with Crippen LogP contribution in [0, 0.1) is 0 Å². The minimum absolute atomic E-state index is 0.00898. The van der Waals surface area contributed by atoms with Gasteiger partial charge in [-0.25, -0.2) is 0 Å². The van der Waals surface area contributed by atoms with Crippen LogP contribution in [0.1, 0.15) is 23.7 Å². The number of hydrogen-bond donors (Lipinski definition) is 0. The molecule has 0 aliphatic carbocycles. The number of methoxy groups -OCH3 is 2. The molecular formula is C16H18N2O3. The van der Waals surface area contributed by atoms with Crippen LogP contribution in [-0.2, 0) is 0 Å². The van der Waals surface area contributed by atoms with Gasteiger partial charge in [-0.3, -0.25) is 9.79 Å². The molecule has 2 aliphatic heterocycles. The molecule has 0 saturated carbocycles. The predicted molar refractivity (Wildman–Crippen MR) is 80.9 cm³/mol. The number of fused-ring (bicyclic) bond motifs is 2. The average Bonchev–Trinajstić information content (AvgIpc) is 2.89. The Bertz CT molecular complexity index is 649. The van der Waals surface area contributed by atoms with Crippen molar-refractivity contribution < 1.29 is 14.3 Å². The molecular weight excluding hydrogens is 268 g/mol. The number of amides is 1. The third-order valence-corrected chi connectivity index (χ3v) is 4.03. The van der Waals surface area contributed by atoms with Crippen LogP contribution in [0.2, 0.25) is 0 Å². The van der Waals surface area contributed by atoms with Crippen molar-refractivity contribution >= 4 is 17.8 Å². The molecule has 1 amide bonds. The molecule has 3 rings (SSSR count). The van der Waals surface area contributed by atoms with Gasteiger partial charge in [0.2, 0.25) is 0 Å². The van der Waals surface area contributed by atoms with E-state index in [0.29, 0.717) is 29.3 Å². The summed E-state index contributed by atoms with van der Waals surface area (Å²) in [5.41, 5.74) is 2.46. The van der Waals surface area contributed by atoms with Gasteiger partial charge in [0.05, 0.1) is 31.5 Å². The second kappa shape index (κ2) is 5.24. The van der Waals surface area contributed by atoms with Gasteiger partial charge in [-0.2, -0.15) is 0 Å². The molecule has 110 valence electrons. The van der Waals surface area contributed by atoms with E-state index in [2.05, 4.69) is 11.1 Å². The molecule has 0 radical (unpaired) electrons. The number of carbonyl (C=O) groups excluding carboxylic acids is 1. The zero-order valence-corrected chi connectivity index (χ0v) is 12.4. The maximum Gasteiger partial charge on any atom is 0.257 e. The summed E-state index contributed by atoms with van der Waals surface area (Å²) in [6.45, 7) is 2.67. The Morgan fingerprint density at radius 3 is 2.67 bits per heavy atom. The van der Waals surface area contributed by atoms with Gasteiger partial charge >= 0.3 is 0 Å². The SMILES string of the molecule is C/C=C1/C[C@H]2C=Nc3cc(OC)c(OC)cc3C(=O)N2C1. The van der Waals surface area contributed by atoms with Gasteiger partial charge in [0.15, 0.2) is 11.5 Å². The molecule has 5 nitrogen and oxygen atoms in total. The van der Waals surface area contributed by atoms with Crippen molar-refractivity contribution in [1.82, 2.24) is 4.90 Å². The van der Waals surface area contributed by atoms with Crippen LogP contribution >= 0.6 is 0 Å². The van der Waals surface area contributed by atoms with Crippen LogP contribution in [0.25, 0.3) is 0 Å². The fraction of sp³-hybridized carbons (Fsp3) is 0.375. The molecule has 5 heteroatoms. The lowest BCUT2D eigenvalue weighted by Gasteiger charge is -2.20. The van der Waals surface area contributed by atoms with E-state index in [0.717, 1.165) is 6.42 Å². The molecule has 0 N–H and O–H groups in total. The first kappa shape index (κ1) is 13.7. The molecule has 2 heterocycles. The maximum atomic E-state index is 12.8. The molecule has 21 heavy (non-hydrogen) atoms. The van der Waals surface area contributed by atoms with Crippen molar-refractivity contribution in [3.8, 4) is 11.5 Å². The van der Waals surface area contributed by atoms with Crippen LogP contribution in [0.5, 0.6) is 11.5 Å². The van der Waals surface area contributed by atoms with Gasteiger partial charge in [-0.1, -0.05) is 11.6 Å². The van der Waals surface area contributed by atoms with Crippen molar-refractivity contribution in [2.75, 3.05) is 20.8 Å². The highest BCUT2D eigenvalue weighted by Crippen LogP contribution is 2.38. The van der Waals surface area contributed by atoms with Gasteiger partial charge < -0.3 is 14.4 Å². The van der Waals surface area contributed by atoms with E-state index in [4.69, 9.17) is 9.47 Å². The zero-order chi connectivity index (χ0) is 15.0. The summed E-state index contributed by atoms with van der Waals surface area (Å²) in [5, 5.41) is 0. The second-order valence-corrected chi connectivity index (χ2v) is 5.15. The molecule has 1 atom stereocenters. The van der Waals surface area contributed by atoms with Crippen LogP contribution in [0.4, 0.5) is 5.69 Å². The number of rotatable bonds is 2. The summed E-state index contributed by atoms with van der Waals surface area (Å²) in [5.74, 6) is 1.12. The molecule has 0 unspecified atom stereocenters. The summed E-state index contributed by atoms with van der Waals surface area (Å²) in [6, 6.07) is 3.50. The van der Waals surface area contributed by atoms with E-state index < -0.39 is 0 Å². The van der Waals surface area contributed by atoms with Crippen molar-refractivity contribution in [1.29, 1.82) is 0 Å². The lowest BCUT2D eigenvalue weighted by Crippen LogP contribution is -2.35. The zero-order valence-electron chi connectivity index (χ0n) is 12.4. The summed E-state index contributed by atoms with van der Waals surface area (Å²) in [7, 11) is 3.13. The number of carbonyl (C=O) groups is 1. The Balaban J connectivity index is 2.07. The lowest BCUT2D eigenvalue weighted by molar-refractivity contribution is 0.0777. The summed E-state index contributed by atoms with van der Waals surface area (Å²) in [6.07, 6.45) is 4.78. The highest BCUT2D eigenvalue weighted by atomic mass is 16.5. The van der Waals surface area contributed by atoms with Crippen LogP contribution < -0.4 is 9.47 Å². The van der Waals surface area contributed by atoms with Gasteiger partial charge in [0.1, 0.15) is 0 Å². The van der Waals surface area contributed by atoms with Crippen molar-refractivity contribution in [3.05, 3.63) is 29.3 Å². The van der Waals surface area contributed by atoms with E-state index in [1.165, 1.54) is 5.57 Å². The average molecular weight is 286 g/mol. The molecule has 1 saturated heterocycles. The quantitative estimate of drug-likeness (QED) is 0.785. The molecule has 2 aliphatic rings. The third-order valence-electron chi connectivity index (χ3n) is 4.03. The van der Waals surface area contributed by atoms with E-state index in [1.54, 1.807) is 26.4 Å². The predicted octanol–water partition coefficient (Wildman–Crippen LogP) is 2.58. The molecule has 1 fully saturated rings. The Kier molecular flexibility index (Phi) is 3.41. The third kappa shape index (κ3) is 2.18. The first-order chi connectivity index (χ1) is 10.2. The number of ether oxygens (including phenoxy) is 2. The molecule has 0 spiro atoms. The highest BCUT2D eigenvalue weighted by Gasteiger charge is 2.34. The molecule has 1 aromatic rings. The van der Waals surface area contributed by atoms with Crippen LogP contribution in [0.15, 0.2) is 28.8 Å². The maximum absolute atomic E-state index is 12.8. The van der Waals surface area contributed by atoms with Gasteiger partial charge in [-0.05, 0) is 19.4 Å². The Morgan fingerprint density at radius 1 is 1.29 bits per heavy atom. The molecule has 0 aromatic heterocycles. The van der Waals surface area contributed by atoms with E-state index >= 15 is 0 Å². The smallest absolute Gasteiger partial charge is 0.257 e. The van der Waals surface area contributed by atoms with Crippen LogP contribution in [0.3, 0.4) is 0 Å². The standard InChI is InChI=1S/C16H18N2O3/c1-4-10-5-11-8-17-13-7-15(21-3)14(20-2)6-12(13)16(19)18(11)9-10/h4,6-8,11H,5,9H2,1-3H3/b10-4-/t11-/m0/s1. The summed E-state index contributed by atoms with van der Waals surface area (Å²) in [4.78, 5) is 19.1. The van der Waals surface area contributed by atoms with Gasteiger partial charge in [-0.15, -0.1) is 0 Å². The number of nitrogens with zero attached hydrogens (tertiary/aromatic N) is 2. The normalized spacial score (nSPS) is 22.0. The first-order valence-corrected chi connectivity index (χ1v) is 6.93. The van der Waals surface area contributed by atoms with E-state index in [1.807, 2.05) is 18.0 Å². The molecule has 0 bridgehead atoms. The topological polar surface area (TPSA) is 51.1 Å². The first-order valence-electron chi connectivity index (χ1n) is 6.93. The summed E-state index contributed by atoms with van der Waals surface area (Å²) >= 11 is 0. The minimum atomic E-state index is -0.00898. The largest absolute Gasteiger partial charge is 0.493 e. The monoisotopic (exact) mass is 286 g/mol. The number of benzene rings is 1. The fourth-order valence-electron chi connectivity index (χ4n) is 2.81. The number of hydrogen-bond acceptors (Lipinski definition) is 4. The van der Waals surface area contributed by atoms with E-state index in [-0.39, 0.29) is 11.9 Å². The molecule has 1 aromatic carbocycles. The Morgan fingerprint density at radius 2 is 2.00 bits per heavy atom. The highest BCUT2D eigenvalue weighted by molar-refractivity contribution is 6.03. The van der Waals surface area contributed by atoms with Gasteiger partial charge in [0.25, 0.3) is 5.91 Å². The fourth-order valence-corrected chi connectivity index (χ4v) is 2.81. The second-order valence-electron chi connectivity index (χ2n) is 5.15. The number of aliphatic imine (C=N–C) groups is 1.